The zero-order valence-electron chi connectivity index (χ0n) is 10.5. The Morgan fingerprint density at radius 3 is 2.89 bits per heavy atom. The quantitative estimate of drug-likeness (QED) is 0.820. The molecule has 0 bridgehead atoms. The van der Waals surface area contributed by atoms with Crippen molar-refractivity contribution in [1.29, 1.82) is 0 Å². The molecule has 0 aromatic heterocycles. The molecule has 0 spiro atoms. The van der Waals surface area contributed by atoms with Gasteiger partial charge in [-0.1, -0.05) is 13.0 Å². The summed E-state index contributed by atoms with van der Waals surface area (Å²) in [5.41, 5.74) is 1.24. The first-order chi connectivity index (χ1) is 8.86. The van der Waals surface area contributed by atoms with Gasteiger partial charge < -0.3 is 14.2 Å². The van der Waals surface area contributed by atoms with E-state index in [9.17, 15) is 0 Å². The lowest BCUT2D eigenvalue weighted by atomic mass is 9.96. The Hall–Kier alpha value is -1.71. The van der Waals surface area contributed by atoms with Gasteiger partial charge in [-0.3, -0.25) is 4.99 Å². The van der Waals surface area contributed by atoms with E-state index < -0.39 is 0 Å². The van der Waals surface area contributed by atoms with Crippen LogP contribution in [0.5, 0.6) is 11.5 Å². The summed E-state index contributed by atoms with van der Waals surface area (Å²) in [6, 6.07) is 6.12. The topological polar surface area (TPSA) is 40.0 Å². The number of hydrogen-bond donors (Lipinski definition) is 0. The third kappa shape index (κ3) is 2.15. The summed E-state index contributed by atoms with van der Waals surface area (Å²) < 4.78 is 16.3. The molecule has 1 atom stereocenters. The van der Waals surface area contributed by atoms with E-state index in [4.69, 9.17) is 14.2 Å². The molecule has 0 aliphatic carbocycles. The van der Waals surface area contributed by atoms with Gasteiger partial charge in [0, 0.05) is 5.92 Å². The molecule has 0 fully saturated rings. The largest absolute Gasteiger partial charge is 0.479 e. The number of fused-ring (bicyclic) bond motifs is 1. The predicted octanol–water partition coefficient (Wildman–Crippen LogP) is 2.41. The molecule has 96 valence electrons. The standard InChI is InChI=1S/C14H17NO3/c1-2-11(14-15-5-6-16-14)7-10-3-4-12-13(8-10)18-9-17-12/h3-4,8,11H,2,5-7,9H2,1H3. The van der Waals surface area contributed by atoms with Crippen LogP contribution in [0.4, 0.5) is 0 Å². The number of ether oxygens (including phenoxy) is 3. The average Bonchev–Trinajstić information content (AvgIpc) is 3.06. The minimum Gasteiger partial charge on any atom is -0.479 e. The predicted molar refractivity (Wildman–Crippen MR) is 68.3 cm³/mol. The van der Waals surface area contributed by atoms with Crippen LogP contribution in [0.3, 0.4) is 0 Å². The van der Waals surface area contributed by atoms with Crippen molar-refractivity contribution in [3.05, 3.63) is 23.8 Å². The minimum absolute atomic E-state index is 0.325. The maximum absolute atomic E-state index is 5.56. The maximum atomic E-state index is 5.56. The summed E-state index contributed by atoms with van der Waals surface area (Å²) in [6.45, 7) is 4.02. The Bertz CT molecular complexity index is 470. The van der Waals surface area contributed by atoms with Crippen LogP contribution in [0.25, 0.3) is 0 Å². The van der Waals surface area contributed by atoms with Crippen molar-refractivity contribution in [3.63, 3.8) is 0 Å². The first kappa shape index (κ1) is 11.4. The Kier molecular flexibility index (Phi) is 3.09. The number of rotatable bonds is 4. The first-order valence-corrected chi connectivity index (χ1v) is 6.42. The average molecular weight is 247 g/mol. The van der Waals surface area contributed by atoms with Crippen LogP contribution in [0.15, 0.2) is 23.2 Å². The Labute approximate surface area is 107 Å². The molecule has 0 N–H and O–H groups in total. The van der Waals surface area contributed by atoms with Gasteiger partial charge in [0.25, 0.3) is 0 Å². The van der Waals surface area contributed by atoms with Crippen LogP contribution < -0.4 is 9.47 Å². The minimum atomic E-state index is 0.325. The van der Waals surface area contributed by atoms with Crippen molar-refractivity contribution in [2.45, 2.75) is 19.8 Å². The maximum Gasteiger partial charge on any atom is 0.231 e. The fourth-order valence-electron chi connectivity index (χ4n) is 2.36. The van der Waals surface area contributed by atoms with Crippen LogP contribution in [-0.2, 0) is 11.2 Å². The van der Waals surface area contributed by atoms with E-state index in [1.165, 1.54) is 5.56 Å². The van der Waals surface area contributed by atoms with Crippen molar-refractivity contribution in [3.8, 4) is 11.5 Å². The molecule has 2 aliphatic rings. The molecular weight excluding hydrogens is 230 g/mol. The highest BCUT2D eigenvalue weighted by molar-refractivity contribution is 5.80. The Morgan fingerprint density at radius 2 is 2.11 bits per heavy atom. The Balaban J connectivity index is 1.74. The van der Waals surface area contributed by atoms with Gasteiger partial charge in [0.1, 0.15) is 6.61 Å². The number of aliphatic imine (C=N–C) groups is 1. The van der Waals surface area contributed by atoms with Gasteiger partial charge in [-0.2, -0.15) is 0 Å². The SMILES string of the molecule is CCC(Cc1ccc2c(c1)OCO2)C1=NCCO1. The fourth-order valence-corrected chi connectivity index (χ4v) is 2.36. The third-order valence-corrected chi connectivity index (χ3v) is 3.37. The highest BCUT2D eigenvalue weighted by atomic mass is 16.7. The molecule has 3 rings (SSSR count). The van der Waals surface area contributed by atoms with E-state index in [0.29, 0.717) is 12.7 Å². The summed E-state index contributed by atoms with van der Waals surface area (Å²) in [5.74, 6) is 2.96. The van der Waals surface area contributed by atoms with Crippen LogP contribution in [0.2, 0.25) is 0 Å². The van der Waals surface area contributed by atoms with Gasteiger partial charge in [-0.15, -0.1) is 0 Å². The molecule has 0 radical (unpaired) electrons. The second kappa shape index (κ2) is 4.88. The molecule has 4 heteroatoms. The van der Waals surface area contributed by atoms with E-state index in [2.05, 4.69) is 24.0 Å². The first-order valence-electron chi connectivity index (χ1n) is 6.42. The summed E-state index contributed by atoms with van der Waals surface area (Å²) in [6.07, 6.45) is 1.97. The number of nitrogens with zero attached hydrogens (tertiary/aromatic N) is 1. The zero-order valence-corrected chi connectivity index (χ0v) is 10.5. The summed E-state index contributed by atoms with van der Waals surface area (Å²) in [5, 5.41) is 0. The van der Waals surface area contributed by atoms with Crippen LogP contribution in [-0.4, -0.2) is 25.8 Å². The zero-order chi connectivity index (χ0) is 12.4. The van der Waals surface area contributed by atoms with Crippen LogP contribution in [0, 0.1) is 5.92 Å². The number of hydrogen-bond acceptors (Lipinski definition) is 4. The summed E-state index contributed by atoms with van der Waals surface area (Å²) in [4.78, 5) is 4.41. The Morgan fingerprint density at radius 1 is 1.22 bits per heavy atom. The molecule has 4 nitrogen and oxygen atoms in total. The number of benzene rings is 1. The van der Waals surface area contributed by atoms with E-state index in [1.807, 2.05) is 6.07 Å². The lowest BCUT2D eigenvalue weighted by Crippen LogP contribution is -2.16. The van der Waals surface area contributed by atoms with Gasteiger partial charge in [-0.05, 0) is 30.5 Å². The van der Waals surface area contributed by atoms with Crippen molar-refractivity contribution in [1.82, 2.24) is 0 Å². The van der Waals surface area contributed by atoms with Gasteiger partial charge >= 0.3 is 0 Å². The molecule has 0 saturated heterocycles. The molecule has 2 aliphatic heterocycles. The van der Waals surface area contributed by atoms with Gasteiger partial charge in [-0.25, -0.2) is 0 Å². The monoisotopic (exact) mass is 247 g/mol. The lowest BCUT2D eigenvalue weighted by molar-refractivity contribution is 0.174. The second-order valence-corrected chi connectivity index (χ2v) is 4.57. The fraction of sp³-hybridized carbons (Fsp3) is 0.500. The molecule has 0 amide bonds. The molecular formula is C14H17NO3. The van der Waals surface area contributed by atoms with E-state index >= 15 is 0 Å². The summed E-state index contributed by atoms with van der Waals surface area (Å²) >= 11 is 0. The van der Waals surface area contributed by atoms with Crippen molar-refractivity contribution < 1.29 is 14.2 Å². The van der Waals surface area contributed by atoms with Crippen LogP contribution in [0.1, 0.15) is 18.9 Å². The highest BCUT2D eigenvalue weighted by Crippen LogP contribution is 2.33. The van der Waals surface area contributed by atoms with Crippen LogP contribution >= 0.6 is 0 Å². The van der Waals surface area contributed by atoms with Crippen molar-refractivity contribution in [2.24, 2.45) is 10.9 Å². The van der Waals surface area contributed by atoms with Gasteiger partial charge in [0.2, 0.25) is 6.79 Å². The lowest BCUT2D eigenvalue weighted by Gasteiger charge is -2.14. The second-order valence-electron chi connectivity index (χ2n) is 4.57. The van der Waals surface area contributed by atoms with Gasteiger partial charge in [0.05, 0.1) is 6.54 Å². The van der Waals surface area contributed by atoms with E-state index in [-0.39, 0.29) is 0 Å². The molecule has 18 heavy (non-hydrogen) atoms. The molecule has 2 heterocycles. The van der Waals surface area contributed by atoms with Gasteiger partial charge in [0.15, 0.2) is 17.4 Å². The molecule has 0 saturated carbocycles. The normalized spacial score (nSPS) is 18.4. The van der Waals surface area contributed by atoms with E-state index in [0.717, 1.165) is 43.4 Å². The highest BCUT2D eigenvalue weighted by Gasteiger charge is 2.21. The molecule has 1 aromatic carbocycles. The smallest absolute Gasteiger partial charge is 0.231 e. The summed E-state index contributed by atoms with van der Waals surface area (Å²) in [7, 11) is 0. The third-order valence-electron chi connectivity index (χ3n) is 3.37. The molecule has 1 unspecified atom stereocenters. The van der Waals surface area contributed by atoms with E-state index in [1.54, 1.807) is 0 Å². The van der Waals surface area contributed by atoms with Crippen molar-refractivity contribution >= 4 is 5.90 Å². The van der Waals surface area contributed by atoms with Crippen molar-refractivity contribution in [2.75, 3.05) is 19.9 Å². The molecule has 1 aromatic rings.